The summed E-state index contributed by atoms with van der Waals surface area (Å²) in [6.07, 6.45) is 0. The first-order valence-electron chi connectivity index (χ1n) is 10.4. The van der Waals surface area contributed by atoms with Crippen molar-refractivity contribution in [3.8, 4) is 5.75 Å². The van der Waals surface area contributed by atoms with E-state index in [1.165, 1.54) is 0 Å². The number of carbonyl (C=O) groups excluding carboxylic acids is 1. The Balaban J connectivity index is 1.69. The number of hydrogen-bond donors (Lipinski definition) is 0. The van der Waals surface area contributed by atoms with Crippen LogP contribution in [0.2, 0.25) is 5.02 Å². The van der Waals surface area contributed by atoms with E-state index in [2.05, 4.69) is 0 Å². The van der Waals surface area contributed by atoms with Crippen LogP contribution in [0.4, 0.5) is 0 Å². The number of amides is 1. The molecule has 0 radical (unpaired) electrons. The lowest BCUT2D eigenvalue weighted by molar-refractivity contribution is 0.0714. The fourth-order valence-corrected chi connectivity index (χ4v) is 4.37. The minimum absolute atomic E-state index is 0.0830. The van der Waals surface area contributed by atoms with Crippen LogP contribution in [0.25, 0.3) is 11.0 Å². The minimum atomic E-state index is -0.576. The monoisotopic (exact) mass is 445 g/mol. The molecule has 1 amide bonds. The van der Waals surface area contributed by atoms with Crippen LogP contribution in [-0.4, -0.2) is 17.4 Å². The highest BCUT2D eigenvalue weighted by Gasteiger charge is 2.42. The van der Waals surface area contributed by atoms with Gasteiger partial charge in [-0.05, 0) is 48.4 Å². The molecule has 0 bridgehead atoms. The van der Waals surface area contributed by atoms with Crippen LogP contribution in [0.3, 0.4) is 0 Å². The Kier molecular flexibility index (Phi) is 5.19. The topological polar surface area (TPSA) is 59.8 Å². The van der Waals surface area contributed by atoms with Crippen molar-refractivity contribution in [2.24, 2.45) is 0 Å². The molecule has 1 aliphatic heterocycles. The average molecular weight is 446 g/mol. The number of fused-ring (bicyclic) bond motifs is 2. The standard InChI is InChI=1S/C26H20ClNO4/c1-2-31-19-11-8-17(9-12-19)23-22-24(29)20-14-18(27)10-13-21(20)32-25(22)26(30)28(23)15-16-6-4-3-5-7-16/h3-14,23H,2,15H2,1H3. The van der Waals surface area contributed by atoms with Crippen LogP contribution >= 0.6 is 11.6 Å². The molecule has 0 fully saturated rings. The predicted molar refractivity (Wildman–Crippen MR) is 123 cm³/mol. The summed E-state index contributed by atoms with van der Waals surface area (Å²) in [5, 5.41) is 0.800. The summed E-state index contributed by atoms with van der Waals surface area (Å²) in [6.45, 7) is 2.82. The number of benzene rings is 3. The molecule has 3 aromatic carbocycles. The Morgan fingerprint density at radius 3 is 2.47 bits per heavy atom. The molecule has 0 spiro atoms. The molecule has 1 aromatic heterocycles. The Hall–Kier alpha value is -3.57. The van der Waals surface area contributed by atoms with Crippen LogP contribution < -0.4 is 10.2 Å². The molecule has 0 saturated carbocycles. The second kappa shape index (κ2) is 8.17. The van der Waals surface area contributed by atoms with E-state index in [-0.39, 0.29) is 17.1 Å². The molecule has 32 heavy (non-hydrogen) atoms. The Bertz CT molecular complexity index is 1360. The highest BCUT2D eigenvalue weighted by Crippen LogP contribution is 2.39. The molecule has 5 nitrogen and oxygen atoms in total. The van der Waals surface area contributed by atoms with Crippen LogP contribution in [0.1, 0.15) is 40.2 Å². The lowest BCUT2D eigenvalue weighted by atomic mass is 9.98. The molecule has 160 valence electrons. The van der Waals surface area contributed by atoms with Crippen molar-refractivity contribution in [2.75, 3.05) is 6.61 Å². The van der Waals surface area contributed by atoms with E-state index in [4.69, 9.17) is 20.8 Å². The summed E-state index contributed by atoms with van der Waals surface area (Å²) in [6, 6.07) is 21.4. The van der Waals surface area contributed by atoms with E-state index in [1.54, 1.807) is 23.1 Å². The van der Waals surface area contributed by atoms with Crippen molar-refractivity contribution >= 4 is 28.5 Å². The van der Waals surface area contributed by atoms with E-state index >= 15 is 0 Å². The first kappa shape index (κ1) is 20.3. The van der Waals surface area contributed by atoms with Gasteiger partial charge < -0.3 is 14.1 Å². The van der Waals surface area contributed by atoms with Gasteiger partial charge in [-0.2, -0.15) is 0 Å². The molecular weight excluding hydrogens is 426 g/mol. The molecule has 0 aliphatic carbocycles. The SMILES string of the molecule is CCOc1ccc(C2c3c(oc4ccc(Cl)cc4c3=O)C(=O)N2Cc2ccccc2)cc1. The van der Waals surface area contributed by atoms with E-state index in [9.17, 15) is 9.59 Å². The summed E-state index contributed by atoms with van der Waals surface area (Å²) < 4.78 is 11.5. The predicted octanol–water partition coefficient (Wildman–Crippen LogP) is 5.59. The molecule has 0 saturated heterocycles. The maximum absolute atomic E-state index is 13.5. The summed E-state index contributed by atoms with van der Waals surface area (Å²) in [5.41, 5.74) is 2.21. The third-order valence-electron chi connectivity index (χ3n) is 5.63. The number of halogens is 1. The first-order valence-corrected chi connectivity index (χ1v) is 10.8. The van der Waals surface area contributed by atoms with Gasteiger partial charge in [-0.15, -0.1) is 0 Å². The lowest BCUT2D eigenvalue weighted by Gasteiger charge is -2.25. The Labute approximate surface area is 189 Å². The molecule has 2 heterocycles. The van der Waals surface area contributed by atoms with Gasteiger partial charge in [0.15, 0.2) is 5.43 Å². The van der Waals surface area contributed by atoms with Crippen LogP contribution in [0.5, 0.6) is 5.75 Å². The van der Waals surface area contributed by atoms with Gasteiger partial charge in [0.05, 0.1) is 23.6 Å². The average Bonchev–Trinajstić information content (AvgIpc) is 3.08. The fraction of sp³-hybridized carbons (Fsp3) is 0.154. The van der Waals surface area contributed by atoms with Crippen LogP contribution in [-0.2, 0) is 6.54 Å². The zero-order valence-corrected chi connectivity index (χ0v) is 18.1. The summed E-state index contributed by atoms with van der Waals surface area (Å²) in [4.78, 5) is 28.7. The lowest BCUT2D eigenvalue weighted by Crippen LogP contribution is -2.29. The largest absolute Gasteiger partial charge is 0.494 e. The fourth-order valence-electron chi connectivity index (χ4n) is 4.20. The van der Waals surface area contributed by atoms with Crippen molar-refractivity contribution in [1.82, 2.24) is 4.90 Å². The number of nitrogens with zero attached hydrogens (tertiary/aromatic N) is 1. The van der Waals surface area contributed by atoms with E-state index in [1.807, 2.05) is 61.5 Å². The minimum Gasteiger partial charge on any atom is -0.494 e. The molecular formula is C26H20ClNO4. The first-order chi connectivity index (χ1) is 15.6. The zero-order chi connectivity index (χ0) is 22.2. The van der Waals surface area contributed by atoms with Gasteiger partial charge in [0.25, 0.3) is 5.91 Å². The summed E-state index contributed by atoms with van der Waals surface area (Å²) >= 11 is 6.13. The number of carbonyl (C=O) groups is 1. The van der Waals surface area contributed by atoms with Gasteiger partial charge in [-0.3, -0.25) is 9.59 Å². The van der Waals surface area contributed by atoms with Gasteiger partial charge in [-0.25, -0.2) is 0 Å². The molecule has 1 aliphatic rings. The van der Waals surface area contributed by atoms with Crippen molar-refractivity contribution < 1.29 is 13.9 Å². The Morgan fingerprint density at radius 2 is 1.75 bits per heavy atom. The summed E-state index contributed by atoms with van der Waals surface area (Å²) in [5.74, 6) is 0.504. The second-order valence-electron chi connectivity index (χ2n) is 7.64. The normalized spacial score (nSPS) is 15.2. The highest BCUT2D eigenvalue weighted by molar-refractivity contribution is 6.31. The van der Waals surface area contributed by atoms with Gasteiger partial charge in [0.2, 0.25) is 5.76 Å². The van der Waals surface area contributed by atoms with E-state index in [0.29, 0.717) is 34.7 Å². The third kappa shape index (κ3) is 3.45. The van der Waals surface area contributed by atoms with Crippen LogP contribution in [0, 0.1) is 0 Å². The van der Waals surface area contributed by atoms with Gasteiger partial charge >= 0.3 is 0 Å². The van der Waals surface area contributed by atoms with Crippen molar-refractivity contribution in [3.05, 3.63) is 110 Å². The molecule has 5 rings (SSSR count). The zero-order valence-electron chi connectivity index (χ0n) is 17.4. The van der Waals surface area contributed by atoms with Gasteiger partial charge in [0, 0.05) is 11.6 Å². The second-order valence-corrected chi connectivity index (χ2v) is 8.07. The maximum atomic E-state index is 13.5. The smallest absolute Gasteiger partial charge is 0.291 e. The van der Waals surface area contributed by atoms with Crippen molar-refractivity contribution in [3.63, 3.8) is 0 Å². The van der Waals surface area contributed by atoms with Gasteiger partial charge in [-0.1, -0.05) is 54.1 Å². The molecule has 4 aromatic rings. The third-order valence-corrected chi connectivity index (χ3v) is 5.87. The number of ether oxygens (including phenoxy) is 1. The summed E-state index contributed by atoms with van der Waals surface area (Å²) in [7, 11) is 0. The van der Waals surface area contributed by atoms with Crippen molar-refractivity contribution in [2.45, 2.75) is 19.5 Å². The maximum Gasteiger partial charge on any atom is 0.291 e. The molecule has 1 atom stereocenters. The molecule has 0 N–H and O–H groups in total. The van der Waals surface area contributed by atoms with E-state index < -0.39 is 6.04 Å². The van der Waals surface area contributed by atoms with E-state index in [0.717, 1.165) is 16.9 Å². The Morgan fingerprint density at radius 1 is 1.00 bits per heavy atom. The number of rotatable bonds is 5. The molecule has 6 heteroatoms. The van der Waals surface area contributed by atoms with Gasteiger partial charge in [0.1, 0.15) is 11.3 Å². The number of hydrogen-bond acceptors (Lipinski definition) is 4. The van der Waals surface area contributed by atoms with Crippen molar-refractivity contribution in [1.29, 1.82) is 0 Å². The molecule has 1 unspecified atom stereocenters. The highest BCUT2D eigenvalue weighted by atomic mass is 35.5. The van der Waals surface area contributed by atoms with Crippen LogP contribution in [0.15, 0.2) is 82.0 Å². The quantitative estimate of drug-likeness (QED) is 0.401.